The molecule has 2 aromatic carbocycles. The first-order valence-corrected chi connectivity index (χ1v) is 9.58. The van der Waals surface area contributed by atoms with Crippen LogP contribution in [0.4, 0.5) is 0 Å². The number of piperazine rings is 1. The summed E-state index contributed by atoms with van der Waals surface area (Å²) in [4.78, 5) is 20.3. The fourth-order valence-corrected chi connectivity index (χ4v) is 3.29. The molecule has 2 aromatic rings. The number of rotatable bonds is 5. The van der Waals surface area contributed by atoms with Gasteiger partial charge in [-0.2, -0.15) is 0 Å². The molecule has 0 aromatic heterocycles. The molecule has 1 fully saturated rings. The minimum absolute atomic E-state index is 0. The van der Waals surface area contributed by atoms with E-state index in [-0.39, 0.29) is 29.9 Å². The van der Waals surface area contributed by atoms with Crippen molar-refractivity contribution in [2.45, 2.75) is 13.8 Å². The van der Waals surface area contributed by atoms with E-state index in [0.29, 0.717) is 13.2 Å². The number of amides is 1. The standard InChI is InChI=1S/C21H28N4O2.HI/c1-3-22-21(25-14-12-24(13-15-25)17(2)26)23-11-16-27-20-10-6-8-18-7-4-5-9-19(18)20;/h4-10H,3,11-16H2,1-2H3,(H,22,23);1H. The average Bonchev–Trinajstić information content (AvgIpc) is 2.70. The summed E-state index contributed by atoms with van der Waals surface area (Å²) in [6.07, 6.45) is 0. The van der Waals surface area contributed by atoms with Crippen molar-refractivity contribution in [1.29, 1.82) is 0 Å². The average molecular weight is 496 g/mol. The third-order valence-electron chi connectivity index (χ3n) is 4.72. The Morgan fingerprint density at radius 3 is 2.46 bits per heavy atom. The van der Waals surface area contributed by atoms with Gasteiger partial charge in [-0.1, -0.05) is 36.4 Å². The third kappa shape index (κ3) is 5.73. The van der Waals surface area contributed by atoms with Crippen LogP contribution in [-0.4, -0.2) is 67.5 Å². The maximum absolute atomic E-state index is 11.5. The fourth-order valence-electron chi connectivity index (χ4n) is 3.29. The van der Waals surface area contributed by atoms with E-state index in [4.69, 9.17) is 9.73 Å². The summed E-state index contributed by atoms with van der Waals surface area (Å²) >= 11 is 0. The number of guanidine groups is 1. The van der Waals surface area contributed by atoms with Crippen LogP contribution in [0.2, 0.25) is 0 Å². The van der Waals surface area contributed by atoms with Crippen LogP contribution in [0.15, 0.2) is 47.5 Å². The summed E-state index contributed by atoms with van der Waals surface area (Å²) in [6.45, 7) is 8.70. The topological polar surface area (TPSA) is 57.2 Å². The molecule has 1 aliphatic heterocycles. The first kappa shape index (κ1) is 22.3. The zero-order valence-corrected chi connectivity index (χ0v) is 18.9. The van der Waals surface area contributed by atoms with Crippen molar-refractivity contribution < 1.29 is 9.53 Å². The summed E-state index contributed by atoms with van der Waals surface area (Å²) < 4.78 is 5.98. The normalized spacial score (nSPS) is 14.6. The molecule has 3 rings (SSSR count). The van der Waals surface area contributed by atoms with Crippen molar-refractivity contribution >= 4 is 46.6 Å². The van der Waals surface area contributed by atoms with E-state index in [0.717, 1.165) is 49.8 Å². The molecule has 0 spiro atoms. The summed E-state index contributed by atoms with van der Waals surface area (Å²) in [5, 5.41) is 5.64. The molecule has 1 amide bonds. The molecule has 152 valence electrons. The molecule has 1 N–H and O–H groups in total. The Morgan fingerprint density at radius 2 is 1.75 bits per heavy atom. The monoisotopic (exact) mass is 496 g/mol. The van der Waals surface area contributed by atoms with E-state index in [1.165, 1.54) is 5.39 Å². The Morgan fingerprint density at radius 1 is 1.07 bits per heavy atom. The van der Waals surface area contributed by atoms with E-state index < -0.39 is 0 Å². The lowest BCUT2D eigenvalue weighted by Gasteiger charge is -2.36. The molecular formula is C21H29IN4O2. The van der Waals surface area contributed by atoms with Crippen molar-refractivity contribution in [2.75, 3.05) is 45.9 Å². The van der Waals surface area contributed by atoms with Gasteiger partial charge in [0, 0.05) is 45.0 Å². The highest BCUT2D eigenvalue weighted by Gasteiger charge is 2.20. The van der Waals surface area contributed by atoms with Crippen LogP contribution < -0.4 is 10.1 Å². The quantitative estimate of drug-likeness (QED) is 0.300. The summed E-state index contributed by atoms with van der Waals surface area (Å²) in [5.74, 6) is 1.92. The number of carbonyl (C=O) groups is 1. The molecule has 7 heteroatoms. The van der Waals surface area contributed by atoms with Gasteiger partial charge in [-0.15, -0.1) is 24.0 Å². The number of nitrogens with zero attached hydrogens (tertiary/aromatic N) is 3. The number of aliphatic imine (C=N–C) groups is 1. The van der Waals surface area contributed by atoms with Crippen LogP contribution in [0.1, 0.15) is 13.8 Å². The van der Waals surface area contributed by atoms with Crippen molar-refractivity contribution in [2.24, 2.45) is 4.99 Å². The highest BCUT2D eigenvalue weighted by molar-refractivity contribution is 14.0. The minimum Gasteiger partial charge on any atom is -0.491 e. The number of ether oxygens (including phenoxy) is 1. The number of benzene rings is 2. The van der Waals surface area contributed by atoms with Gasteiger partial charge in [-0.3, -0.25) is 4.79 Å². The molecule has 0 bridgehead atoms. The second kappa shape index (κ2) is 11.1. The van der Waals surface area contributed by atoms with Crippen molar-refractivity contribution in [3.63, 3.8) is 0 Å². The Labute approximate surface area is 184 Å². The van der Waals surface area contributed by atoms with Crippen molar-refractivity contribution in [3.8, 4) is 5.75 Å². The summed E-state index contributed by atoms with van der Waals surface area (Å²) in [5.41, 5.74) is 0. The lowest BCUT2D eigenvalue weighted by atomic mass is 10.1. The first-order chi connectivity index (χ1) is 13.2. The number of hydrogen-bond donors (Lipinski definition) is 1. The van der Waals surface area contributed by atoms with Gasteiger partial charge in [0.1, 0.15) is 12.4 Å². The molecule has 1 aliphatic rings. The van der Waals surface area contributed by atoms with Gasteiger partial charge >= 0.3 is 0 Å². The van der Waals surface area contributed by atoms with Gasteiger partial charge in [-0.25, -0.2) is 4.99 Å². The van der Waals surface area contributed by atoms with Crippen LogP contribution in [0.5, 0.6) is 5.75 Å². The van der Waals surface area contributed by atoms with Gasteiger partial charge in [0.25, 0.3) is 0 Å². The lowest BCUT2D eigenvalue weighted by molar-refractivity contribution is -0.130. The predicted molar refractivity (Wildman–Crippen MR) is 125 cm³/mol. The Hall–Kier alpha value is -2.03. The SMILES string of the molecule is CCNC(=NCCOc1cccc2ccccc12)N1CCN(C(C)=O)CC1.I. The van der Waals surface area contributed by atoms with E-state index in [9.17, 15) is 4.79 Å². The zero-order chi connectivity index (χ0) is 19.1. The summed E-state index contributed by atoms with van der Waals surface area (Å²) in [6, 6.07) is 14.3. The Kier molecular flexibility index (Phi) is 8.82. The van der Waals surface area contributed by atoms with Gasteiger partial charge in [0.2, 0.25) is 5.91 Å². The van der Waals surface area contributed by atoms with Gasteiger partial charge in [0.05, 0.1) is 6.54 Å². The number of hydrogen-bond acceptors (Lipinski definition) is 3. The van der Waals surface area contributed by atoms with Crippen molar-refractivity contribution in [3.05, 3.63) is 42.5 Å². The molecule has 1 saturated heterocycles. The minimum atomic E-state index is 0. The van der Waals surface area contributed by atoms with E-state index in [1.54, 1.807) is 6.92 Å². The van der Waals surface area contributed by atoms with Crippen LogP contribution in [0.25, 0.3) is 10.8 Å². The van der Waals surface area contributed by atoms with E-state index in [2.05, 4.69) is 35.3 Å². The molecule has 0 unspecified atom stereocenters. The molecule has 0 radical (unpaired) electrons. The highest BCUT2D eigenvalue weighted by atomic mass is 127. The number of carbonyl (C=O) groups excluding carboxylic acids is 1. The Balaban J connectivity index is 0.00000280. The molecule has 6 nitrogen and oxygen atoms in total. The largest absolute Gasteiger partial charge is 0.491 e. The predicted octanol–water partition coefficient (Wildman–Crippen LogP) is 2.97. The second-order valence-electron chi connectivity index (χ2n) is 6.55. The first-order valence-electron chi connectivity index (χ1n) is 9.58. The molecule has 0 atom stereocenters. The molecule has 28 heavy (non-hydrogen) atoms. The fraction of sp³-hybridized carbons (Fsp3) is 0.429. The number of fused-ring (bicyclic) bond motifs is 1. The molecule has 0 aliphatic carbocycles. The van der Waals surface area contributed by atoms with Gasteiger partial charge < -0.3 is 19.9 Å². The van der Waals surface area contributed by atoms with E-state index >= 15 is 0 Å². The summed E-state index contributed by atoms with van der Waals surface area (Å²) in [7, 11) is 0. The lowest BCUT2D eigenvalue weighted by Crippen LogP contribution is -2.53. The maximum Gasteiger partial charge on any atom is 0.219 e. The van der Waals surface area contributed by atoms with Crippen LogP contribution in [-0.2, 0) is 4.79 Å². The van der Waals surface area contributed by atoms with Gasteiger partial charge in [0.15, 0.2) is 5.96 Å². The van der Waals surface area contributed by atoms with Crippen LogP contribution >= 0.6 is 24.0 Å². The second-order valence-corrected chi connectivity index (χ2v) is 6.55. The number of nitrogens with one attached hydrogen (secondary N) is 1. The van der Waals surface area contributed by atoms with Crippen LogP contribution in [0.3, 0.4) is 0 Å². The maximum atomic E-state index is 11.5. The highest BCUT2D eigenvalue weighted by Crippen LogP contribution is 2.24. The zero-order valence-electron chi connectivity index (χ0n) is 16.6. The van der Waals surface area contributed by atoms with Crippen LogP contribution in [0, 0.1) is 0 Å². The van der Waals surface area contributed by atoms with Crippen molar-refractivity contribution in [1.82, 2.24) is 15.1 Å². The smallest absolute Gasteiger partial charge is 0.219 e. The third-order valence-corrected chi connectivity index (χ3v) is 4.72. The molecule has 1 heterocycles. The number of halogens is 1. The van der Waals surface area contributed by atoms with E-state index in [1.807, 2.05) is 29.2 Å². The molecule has 0 saturated carbocycles. The molecular weight excluding hydrogens is 467 g/mol. The van der Waals surface area contributed by atoms with Gasteiger partial charge in [-0.05, 0) is 18.4 Å². The Bertz CT molecular complexity index is 799.